The van der Waals surface area contributed by atoms with E-state index in [1.165, 1.54) is 13.8 Å². The van der Waals surface area contributed by atoms with E-state index in [0.29, 0.717) is 0 Å². The first-order valence-electron chi connectivity index (χ1n) is 7.82. The summed E-state index contributed by atoms with van der Waals surface area (Å²) in [6.45, 7) is 9.32. The van der Waals surface area contributed by atoms with Gasteiger partial charge in [-0.25, -0.2) is 0 Å². The fourth-order valence-corrected chi connectivity index (χ4v) is 2.81. The maximum Gasteiger partial charge on any atom is 0.303 e. The molecule has 0 aromatic rings. The zero-order chi connectivity index (χ0) is 16.0. The summed E-state index contributed by atoms with van der Waals surface area (Å²) in [6.07, 6.45) is 2.44. The van der Waals surface area contributed by atoms with Crippen LogP contribution >= 0.6 is 0 Å². The number of hydrogen-bond donors (Lipinski definition) is 0. The van der Waals surface area contributed by atoms with Gasteiger partial charge in [0.15, 0.2) is 0 Å². The van der Waals surface area contributed by atoms with Crippen LogP contribution in [0.3, 0.4) is 0 Å². The summed E-state index contributed by atoms with van der Waals surface area (Å²) in [4.78, 5) is 22.3. The molecular formula is C16H28O5. The quantitative estimate of drug-likeness (QED) is 0.706. The normalized spacial score (nSPS) is 32.5. The zero-order valence-corrected chi connectivity index (χ0v) is 13.8. The van der Waals surface area contributed by atoms with Crippen LogP contribution in [0.5, 0.6) is 0 Å². The fourth-order valence-electron chi connectivity index (χ4n) is 2.81. The third-order valence-corrected chi connectivity index (χ3v) is 4.25. The molecule has 2 unspecified atom stereocenters. The molecule has 0 bridgehead atoms. The summed E-state index contributed by atoms with van der Waals surface area (Å²) in [6, 6.07) is 0. The summed E-state index contributed by atoms with van der Waals surface area (Å²) < 4.78 is 16.7. The number of ether oxygens (including phenoxy) is 3. The van der Waals surface area contributed by atoms with E-state index in [1.807, 2.05) is 6.92 Å². The molecular weight excluding hydrogens is 272 g/mol. The van der Waals surface area contributed by atoms with E-state index in [2.05, 4.69) is 13.8 Å². The van der Waals surface area contributed by atoms with Crippen LogP contribution in [-0.4, -0.2) is 36.9 Å². The minimum atomic E-state index is -0.300. The van der Waals surface area contributed by atoms with Crippen molar-refractivity contribution in [2.45, 2.75) is 72.2 Å². The van der Waals surface area contributed by atoms with Crippen LogP contribution in [0.25, 0.3) is 0 Å². The van der Waals surface area contributed by atoms with E-state index >= 15 is 0 Å². The second-order valence-electron chi connectivity index (χ2n) is 5.95. The van der Waals surface area contributed by atoms with Gasteiger partial charge in [-0.2, -0.15) is 0 Å². The van der Waals surface area contributed by atoms with E-state index in [9.17, 15) is 9.59 Å². The maximum atomic E-state index is 11.3. The average Bonchev–Trinajstić information content (AvgIpc) is 2.41. The Kier molecular flexibility index (Phi) is 7.15. The molecule has 0 N–H and O–H groups in total. The summed E-state index contributed by atoms with van der Waals surface area (Å²) in [5.41, 5.74) is 0. The van der Waals surface area contributed by atoms with E-state index in [1.54, 1.807) is 0 Å². The van der Waals surface area contributed by atoms with Crippen molar-refractivity contribution in [3.63, 3.8) is 0 Å². The lowest BCUT2D eigenvalue weighted by atomic mass is 9.80. The topological polar surface area (TPSA) is 61.8 Å². The third kappa shape index (κ3) is 5.30. The molecule has 0 radical (unpaired) electrons. The summed E-state index contributed by atoms with van der Waals surface area (Å²) >= 11 is 0. The first kappa shape index (κ1) is 18.0. The molecule has 0 amide bonds. The van der Waals surface area contributed by atoms with E-state index in [-0.39, 0.29) is 48.7 Å². The van der Waals surface area contributed by atoms with Gasteiger partial charge in [0.05, 0.1) is 12.2 Å². The highest BCUT2D eigenvalue weighted by Gasteiger charge is 2.43. The summed E-state index contributed by atoms with van der Waals surface area (Å²) in [7, 11) is 0. The van der Waals surface area contributed by atoms with Gasteiger partial charge >= 0.3 is 11.9 Å². The molecule has 1 saturated heterocycles. The van der Waals surface area contributed by atoms with Crippen molar-refractivity contribution in [3.05, 3.63) is 0 Å². The Morgan fingerprint density at radius 2 is 1.71 bits per heavy atom. The van der Waals surface area contributed by atoms with Crippen molar-refractivity contribution >= 4 is 11.9 Å². The van der Waals surface area contributed by atoms with Crippen molar-refractivity contribution in [1.29, 1.82) is 0 Å². The second kappa shape index (κ2) is 8.37. The number of carbonyl (C=O) groups is 2. The Balaban J connectivity index is 2.77. The monoisotopic (exact) mass is 300 g/mol. The fraction of sp³-hybridized carbons (Fsp3) is 0.875. The molecule has 0 aromatic carbocycles. The van der Waals surface area contributed by atoms with E-state index in [4.69, 9.17) is 14.2 Å². The number of esters is 2. The van der Waals surface area contributed by atoms with Gasteiger partial charge in [-0.05, 0) is 12.3 Å². The smallest absolute Gasteiger partial charge is 0.303 e. The average molecular weight is 300 g/mol. The predicted octanol–water partition coefficient (Wildman–Crippen LogP) is 2.71. The lowest BCUT2D eigenvalue weighted by molar-refractivity contribution is -0.204. The molecule has 0 aliphatic carbocycles. The van der Waals surface area contributed by atoms with Crippen molar-refractivity contribution < 1.29 is 23.8 Å². The van der Waals surface area contributed by atoms with Crippen LogP contribution in [0, 0.1) is 11.8 Å². The minimum Gasteiger partial charge on any atom is -0.463 e. The Bertz CT molecular complexity index is 353. The van der Waals surface area contributed by atoms with Gasteiger partial charge in [0.2, 0.25) is 0 Å². The molecule has 1 rings (SSSR count). The number of unbranched alkanes of at least 4 members (excludes halogenated alkanes) is 1. The SMILES string of the molecule is CCCC[C@H]1OC(COC(C)=O)[C@@H](C)[C@H](C)C1OC(C)=O. The van der Waals surface area contributed by atoms with Crippen molar-refractivity contribution in [2.24, 2.45) is 11.8 Å². The standard InChI is InChI=1S/C16H28O5/c1-6-7-8-14-16(20-13(5)18)11(3)10(2)15(21-14)9-19-12(4)17/h10-11,14-16H,6-9H2,1-5H3/t10-,11-,14+,15?,16?/m0/s1. The van der Waals surface area contributed by atoms with Crippen LogP contribution < -0.4 is 0 Å². The van der Waals surface area contributed by atoms with Gasteiger partial charge in [0.25, 0.3) is 0 Å². The van der Waals surface area contributed by atoms with Gasteiger partial charge in [-0.15, -0.1) is 0 Å². The van der Waals surface area contributed by atoms with E-state index < -0.39 is 0 Å². The predicted molar refractivity (Wildman–Crippen MR) is 78.7 cm³/mol. The number of hydrogen-bond acceptors (Lipinski definition) is 5. The van der Waals surface area contributed by atoms with Crippen molar-refractivity contribution in [3.8, 4) is 0 Å². The first-order valence-corrected chi connectivity index (χ1v) is 7.82. The molecule has 0 aromatic heterocycles. The van der Waals surface area contributed by atoms with Gasteiger partial charge in [0, 0.05) is 19.8 Å². The lowest BCUT2D eigenvalue weighted by Crippen LogP contribution is -2.52. The van der Waals surface area contributed by atoms with Gasteiger partial charge < -0.3 is 14.2 Å². The number of rotatable bonds is 6. The summed E-state index contributed by atoms with van der Waals surface area (Å²) in [5, 5.41) is 0. The Labute approximate surface area is 127 Å². The van der Waals surface area contributed by atoms with Crippen LogP contribution in [0.1, 0.15) is 53.9 Å². The highest BCUT2D eigenvalue weighted by Crippen LogP contribution is 2.34. The minimum absolute atomic E-state index is 0.124. The van der Waals surface area contributed by atoms with Crippen molar-refractivity contribution in [1.82, 2.24) is 0 Å². The van der Waals surface area contributed by atoms with Crippen LogP contribution in [-0.2, 0) is 23.8 Å². The van der Waals surface area contributed by atoms with Crippen LogP contribution in [0.2, 0.25) is 0 Å². The molecule has 1 fully saturated rings. The zero-order valence-electron chi connectivity index (χ0n) is 13.8. The van der Waals surface area contributed by atoms with E-state index in [0.717, 1.165) is 19.3 Å². The molecule has 5 atom stereocenters. The maximum absolute atomic E-state index is 11.3. The molecule has 21 heavy (non-hydrogen) atoms. The highest BCUT2D eigenvalue weighted by molar-refractivity contribution is 5.66. The Morgan fingerprint density at radius 1 is 1.05 bits per heavy atom. The third-order valence-electron chi connectivity index (χ3n) is 4.25. The molecule has 0 spiro atoms. The van der Waals surface area contributed by atoms with Gasteiger partial charge in [-0.3, -0.25) is 9.59 Å². The van der Waals surface area contributed by atoms with Gasteiger partial charge in [-0.1, -0.05) is 33.6 Å². The summed E-state index contributed by atoms with van der Waals surface area (Å²) in [5.74, 6) is -0.245. The van der Waals surface area contributed by atoms with Crippen LogP contribution in [0.4, 0.5) is 0 Å². The highest BCUT2D eigenvalue weighted by atomic mass is 16.6. The molecule has 5 heteroatoms. The number of carbonyl (C=O) groups excluding carboxylic acids is 2. The van der Waals surface area contributed by atoms with Crippen LogP contribution in [0.15, 0.2) is 0 Å². The Hall–Kier alpha value is -1.10. The first-order chi connectivity index (χ1) is 9.86. The lowest BCUT2D eigenvalue weighted by Gasteiger charge is -2.44. The molecule has 1 aliphatic heterocycles. The van der Waals surface area contributed by atoms with Gasteiger partial charge in [0.1, 0.15) is 12.7 Å². The molecule has 1 heterocycles. The second-order valence-corrected chi connectivity index (χ2v) is 5.95. The molecule has 1 aliphatic rings. The van der Waals surface area contributed by atoms with Crippen molar-refractivity contribution in [2.75, 3.05) is 6.61 Å². The molecule has 122 valence electrons. The molecule has 5 nitrogen and oxygen atoms in total. The molecule has 0 saturated carbocycles. The largest absolute Gasteiger partial charge is 0.463 e. The Morgan fingerprint density at radius 3 is 2.24 bits per heavy atom.